The maximum atomic E-state index is 5.02. The number of rotatable bonds is 6. The molecule has 0 fully saturated rings. The van der Waals surface area contributed by atoms with Gasteiger partial charge in [-0.25, -0.2) is 5.48 Å². The Labute approximate surface area is 74.4 Å². The minimum atomic E-state index is 0.568. The van der Waals surface area contributed by atoms with Crippen LogP contribution in [0.4, 0.5) is 0 Å². The molecule has 0 rings (SSSR count). The predicted octanol–water partition coefficient (Wildman–Crippen LogP) is 1.65. The Balaban J connectivity index is 3.21. The van der Waals surface area contributed by atoms with Crippen LogP contribution in [0.25, 0.3) is 0 Å². The topological polar surface area (TPSA) is 21.3 Å². The van der Waals surface area contributed by atoms with Gasteiger partial charge < -0.3 is 4.84 Å². The lowest BCUT2D eigenvalue weighted by Gasteiger charge is -2.07. The maximum Gasteiger partial charge on any atom is 0.0710 e. The minimum absolute atomic E-state index is 0.568. The molecule has 0 aromatic carbocycles. The van der Waals surface area contributed by atoms with Crippen molar-refractivity contribution in [3.05, 3.63) is 12.2 Å². The van der Waals surface area contributed by atoms with Crippen LogP contribution in [0.3, 0.4) is 0 Å². The normalized spacial score (nSPS) is 14.1. The van der Waals surface area contributed by atoms with Crippen LogP contribution in [0.1, 0.15) is 13.3 Å². The van der Waals surface area contributed by atoms with Crippen molar-refractivity contribution in [1.29, 1.82) is 0 Å². The van der Waals surface area contributed by atoms with Gasteiger partial charge in [0.1, 0.15) is 0 Å². The van der Waals surface area contributed by atoms with Crippen molar-refractivity contribution in [2.45, 2.75) is 13.3 Å². The van der Waals surface area contributed by atoms with Gasteiger partial charge in [0.25, 0.3) is 0 Å². The van der Waals surface area contributed by atoms with E-state index in [1.165, 1.54) is 0 Å². The second-order valence-corrected chi connectivity index (χ2v) is 2.88. The molecule has 0 aromatic rings. The first-order valence-electron chi connectivity index (χ1n) is 3.85. The maximum absolute atomic E-state index is 5.02. The summed E-state index contributed by atoms with van der Waals surface area (Å²) >= 11 is 4.06. The zero-order valence-corrected chi connectivity index (χ0v) is 8.10. The summed E-state index contributed by atoms with van der Waals surface area (Å²) < 4.78 is 0. The largest absolute Gasteiger partial charge is 0.302 e. The summed E-state index contributed by atoms with van der Waals surface area (Å²) in [6.45, 7) is 2.91. The van der Waals surface area contributed by atoms with Crippen LogP contribution in [0.2, 0.25) is 0 Å². The van der Waals surface area contributed by atoms with E-state index in [-0.39, 0.29) is 0 Å². The zero-order chi connectivity index (χ0) is 8.53. The molecule has 0 spiro atoms. The highest BCUT2D eigenvalue weighted by molar-refractivity contribution is 7.80. The molecular formula is C8H17NOS. The summed E-state index contributed by atoms with van der Waals surface area (Å²) in [6.07, 6.45) is 5.25. The molecule has 66 valence electrons. The highest BCUT2D eigenvalue weighted by Gasteiger charge is 1.97. The Hall–Kier alpha value is 0.01000. The van der Waals surface area contributed by atoms with E-state index in [0.29, 0.717) is 5.92 Å². The summed E-state index contributed by atoms with van der Waals surface area (Å²) in [5, 5.41) is 0. The molecule has 0 amide bonds. The first kappa shape index (κ1) is 11.0. The average molecular weight is 175 g/mol. The van der Waals surface area contributed by atoms with Gasteiger partial charge in [0, 0.05) is 12.8 Å². The zero-order valence-electron chi connectivity index (χ0n) is 7.21. The Morgan fingerprint density at radius 2 is 2.27 bits per heavy atom. The highest BCUT2D eigenvalue weighted by atomic mass is 32.1. The van der Waals surface area contributed by atoms with Crippen molar-refractivity contribution in [2.75, 3.05) is 19.4 Å². The second-order valence-electron chi connectivity index (χ2n) is 2.51. The molecule has 0 aliphatic heterocycles. The van der Waals surface area contributed by atoms with E-state index in [9.17, 15) is 0 Å². The molecule has 0 aliphatic carbocycles. The van der Waals surface area contributed by atoms with Gasteiger partial charge in [0.2, 0.25) is 0 Å². The fraction of sp³-hybridized carbons (Fsp3) is 0.750. The lowest BCUT2D eigenvalue weighted by molar-refractivity contribution is 0.0361. The standard InChI is InChI=1S/C8H17NOS/c1-8(7-10-9-2)5-3-4-6-11/h3-4,8-9,11H,5-7H2,1-2H3/b4-3+. The first-order chi connectivity index (χ1) is 5.31. The van der Waals surface area contributed by atoms with Gasteiger partial charge in [0.15, 0.2) is 0 Å². The van der Waals surface area contributed by atoms with Gasteiger partial charge in [-0.3, -0.25) is 0 Å². The predicted molar refractivity (Wildman–Crippen MR) is 51.8 cm³/mol. The van der Waals surface area contributed by atoms with Gasteiger partial charge in [-0.15, -0.1) is 0 Å². The van der Waals surface area contributed by atoms with E-state index >= 15 is 0 Å². The fourth-order valence-corrected chi connectivity index (χ4v) is 0.846. The number of hydroxylamine groups is 1. The van der Waals surface area contributed by atoms with Gasteiger partial charge in [0.05, 0.1) is 6.61 Å². The van der Waals surface area contributed by atoms with E-state index in [2.05, 4.69) is 37.2 Å². The molecule has 0 saturated carbocycles. The molecule has 0 aromatic heterocycles. The third-order valence-corrected chi connectivity index (χ3v) is 1.53. The van der Waals surface area contributed by atoms with Crippen LogP contribution in [0.5, 0.6) is 0 Å². The Bertz CT molecular complexity index is 106. The summed E-state index contributed by atoms with van der Waals surface area (Å²) in [5.41, 5.74) is 2.65. The lowest BCUT2D eigenvalue weighted by Crippen LogP contribution is -2.13. The molecule has 0 radical (unpaired) electrons. The molecule has 3 heteroatoms. The SMILES string of the molecule is CNOCC(C)C/C=C/CS. The van der Waals surface area contributed by atoms with Gasteiger partial charge in [-0.05, 0) is 12.3 Å². The molecule has 0 heterocycles. The highest BCUT2D eigenvalue weighted by Crippen LogP contribution is 2.02. The molecule has 1 unspecified atom stereocenters. The molecular weight excluding hydrogens is 158 g/mol. The number of hydrogen-bond donors (Lipinski definition) is 2. The quantitative estimate of drug-likeness (QED) is 0.364. The minimum Gasteiger partial charge on any atom is -0.302 e. The molecule has 1 N–H and O–H groups in total. The van der Waals surface area contributed by atoms with Crippen molar-refractivity contribution >= 4 is 12.6 Å². The number of thiol groups is 1. The fourth-order valence-electron chi connectivity index (χ4n) is 0.697. The van der Waals surface area contributed by atoms with Crippen LogP contribution in [0.15, 0.2) is 12.2 Å². The number of hydrogen-bond acceptors (Lipinski definition) is 3. The van der Waals surface area contributed by atoms with Crippen LogP contribution in [-0.4, -0.2) is 19.4 Å². The van der Waals surface area contributed by atoms with E-state index in [1.807, 2.05) is 0 Å². The summed E-state index contributed by atoms with van der Waals surface area (Å²) in [6, 6.07) is 0. The summed E-state index contributed by atoms with van der Waals surface area (Å²) in [4.78, 5) is 5.02. The molecule has 0 aliphatic rings. The van der Waals surface area contributed by atoms with Crippen LogP contribution in [-0.2, 0) is 4.84 Å². The number of allylic oxidation sites excluding steroid dienone is 1. The molecule has 2 nitrogen and oxygen atoms in total. The Morgan fingerprint density at radius 1 is 1.55 bits per heavy atom. The monoisotopic (exact) mass is 175 g/mol. The third kappa shape index (κ3) is 7.91. The lowest BCUT2D eigenvalue weighted by atomic mass is 10.1. The van der Waals surface area contributed by atoms with Crippen LogP contribution >= 0.6 is 12.6 Å². The van der Waals surface area contributed by atoms with E-state index in [4.69, 9.17) is 4.84 Å². The van der Waals surface area contributed by atoms with Crippen LogP contribution in [0, 0.1) is 5.92 Å². The Kier molecular flexibility index (Phi) is 8.12. The van der Waals surface area contributed by atoms with Gasteiger partial charge in [-0.2, -0.15) is 12.6 Å². The van der Waals surface area contributed by atoms with Crippen molar-refractivity contribution < 1.29 is 4.84 Å². The Morgan fingerprint density at radius 3 is 2.82 bits per heavy atom. The van der Waals surface area contributed by atoms with Crippen molar-refractivity contribution in [1.82, 2.24) is 5.48 Å². The molecule has 0 saturated heterocycles. The molecule has 0 bridgehead atoms. The average Bonchev–Trinajstić information content (AvgIpc) is 2.01. The van der Waals surface area contributed by atoms with E-state index in [1.54, 1.807) is 7.05 Å². The first-order valence-corrected chi connectivity index (χ1v) is 4.49. The smallest absolute Gasteiger partial charge is 0.0710 e. The molecule has 1 atom stereocenters. The van der Waals surface area contributed by atoms with E-state index < -0.39 is 0 Å². The van der Waals surface area contributed by atoms with Crippen molar-refractivity contribution in [2.24, 2.45) is 5.92 Å². The van der Waals surface area contributed by atoms with Crippen molar-refractivity contribution in [3.8, 4) is 0 Å². The van der Waals surface area contributed by atoms with Crippen molar-refractivity contribution in [3.63, 3.8) is 0 Å². The van der Waals surface area contributed by atoms with E-state index in [0.717, 1.165) is 18.8 Å². The van der Waals surface area contributed by atoms with Gasteiger partial charge in [-0.1, -0.05) is 19.1 Å². The number of nitrogens with one attached hydrogen (secondary N) is 1. The van der Waals surface area contributed by atoms with Gasteiger partial charge >= 0.3 is 0 Å². The summed E-state index contributed by atoms with van der Waals surface area (Å²) in [5.74, 6) is 1.39. The third-order valence-electron chi connectivity index (χ3n) is 1.32. The van der Waals surface area contributed by atoms with Crippen LogP contribution < -0.4 is 5.48 Å². The summed E-state index contributed by atoms with van der Waals surface area (Å²) in [7, 11) is 1.77. The molecule has 11 heavy (non-hydrogen) atoms. The second kappa shape index (κ2) is 8.11.